The zero-order chi connectivity index (χ0) is 15.7. The van der Waals surface area contributed by atoms with Crippen LogP contribution in [-0.2, 0) is 0 Å². The molecule has 0 aliphatic carbocycles. The Balaban J connectivity index is 2.91. The largest absolute Gasteiger partial charge is 0.477 e. The molecule has 1 aromatic heterocycles. The third-order valence-corrected chi connectivity index (χ3v) is 3.73. The molecule has 0 aliphatic rings. The number of para-hydroxylation sites is 1. The molecule has 0 unspecified atom stereocenters. The van der Waals surface area contributed by atoms with Gasteiger partial charge in [0.15, 0.2) is 0 Å². The highest BCUT2D eigenvalue weighted by molar-refractivity contribution is 14.1. The van der Waals surface area contributed by atoms with Crippen molar-refractivity contribution in [2.45, 2.75) is 6.92 Å². The van der Waals surface area contributed by atoms with Crippen LogP contribution in [0.25, 0.3) is 5.69 Å². The summed E-state index contributed by atoms with van der Waals surface area (Å²) in [5, 5.41) is 22.0. The lowest BCUT2D eigenvalue weighted by Gasteiger charge is -2.13. The molecule has 0 amide bonds. The van der Waals surface area contributed by atoms with E-state index in [2.05, 4.69) is 5.10 Å². The van der Waals surface area contributed by atoms with E-state index in [1.807, 2.05) is 22.6 Å². The lowest BCUT2D eigenvalue weighted by atomic mass is 10.1. The summed E-state index contributed by atoms with van der Waals surface area (Å²) < 4.78 is 1.90. The number of halogens is 1. The van der Waals surface area contributed by atoms with E-state index in [0.29, 0.717) is 5.69 Å². The average molecular weight is 400 g/mol. The maximum absolute atomic E-state index is 11.9. The van der Waals surface area contributed by atoms with Crippen LogP contribution in [-0.4, -0.2) is 31.9 Å². The van der Waals surface area contributed by atoms with Gasteiger partial charge in [-0.25, -0.2) is 14.3 Å². The number of benzene rings is 1. The summed E-state index contributed by atoms with van der Waals surface area (Å²) in [4.78, 5) is 34.3. The van der Waals surface area contributed by atoms with Crippen molar-refractivity contribution in [1.29, 1.82) is 0 Å². The van der Waals surface area contributed by atoms with Gasteiger partial charge in [0.2, 0.25) is 11.1 Å². The van der Waals surface area contributed by atoms with Crippen molar-refractivity contribution in [2.24, 2.45) is 0 Å². The van der Waals surface area contributed by atoms with Crippen LogP contribution in [0.5, 0.6) is 0 Å². The van der Waals surface area contributed by atoms with Gasteiger partial charge in [0, 0.05) is 3.57 Å². The maximum atomic E-state index is 11.9. The second-order valence-electron chi connectivity index (χ2n) is 4.11. The second-order valence-corrected chi connectivity index (χ2v) is 5.27. The van der Waals surface area contributed by atoms with Gasteiger partial charge in [0.1, 0.15) is 5.56 Å². The Kier molecular flexibility index (Phi) is 4.07. The van der Waals surface area contributed by atoms with Crippen molar-refractivity contribution >= 4 is 34.5 Å². The van der Waals surface area contributed by atoms with Gasteiger partial charge in [0.05, 0.1) is 11.4 Å². The van der Waals surface area contributed by atoms with E-state index in [0.717, 1.165) is 8.25 Å². The molecule has 1 aromatic carbocycles. The van der Waals surface area contributed by atoms with E-state index in [1.165, 1.54) is 6.92 Å². The van der Waals surface area contributed by atoms with Crippen LogP contribution in [0.4, 0.5) is 0 Å². The number of carbonyl (C=O) groups is 2. The summed E-state index contributed by atoms with van der Waals surface area (Å²) in [6.07, 6.45) is 0. The van der Waals surface area contributed by atoms with Crippen LogP contribution in [0.15, 0.2) is 29.1 Å². The van der Waals surface area contributed by atoms with Gasteiger partial charge in [-0.15, -0.1) is 0 Å². The molecule has 21 heavy (non-hydrogen) atoms. The molecule has 0 bridgehead atoms. The molecule has 2 N–H and O–H groups in total. The number of hydrogen-bond donors (Lipinski definition) is 2. The number of carboxylic acids is 2. The first-order chi connectivity index (χ1) is 9.84. The molecule has 0 aliphatic heterocycles. The lowest BCUT2D eigenvalue weighted by Crippen LogP contribution is -2.30. The van der Waals surface area contributed by atoms with Crippen molar-refractivity contribution in [3.8, 4) is 5.69 Å². The van der Waals surface area contributed by atoms with Crippen LogP contribution in [0.1, 0.15) is 26.5 Å². The summed E-state index contributed by atoms with van der Waals surface area (Å²) in [5.41, 5.74) is -1.95. The molecule has 1 heterocycles. The monoisotopic (exact) mass is 400 g/mol. The summed E-state index contributed by atoms with van der Waals surface area (Å²) >= 11 is 2.01. The normalized spacial score (nSPS) is 10.4. The van der Waals surface area contributed by atoms with E-state index < -0.39 is 28.6 Å². The van der Waals surface area contributed by atoms with Crippen LogP contribution >= 0.6 is 22.6 Å². The van der Waals surface area contributed by atoms with E-state index >= 15 is 0 Å². The van der Waals surface area contributed by atoms with Crippen molar-refractivity contribution < 1.29 is 19.8 Å². The van der Waals surface area contributed by atoms with Gasteiger partial charge in [0.25, 0.3) is 0 Å². The first kappa shape index (κ1) is 15.2. The number of hydrogen-bond acceptors (Lipinski definition) is 4. The lowest BCUT2D eigenvalue weighted by molar-refractivity contribution is 0.0685. The molecule has 0 spiro atoms. The summed E-state index contributed by atoms with van der Waals surface area (Å²) in [5.74, 6) is -3.05. The van der Waals surface area contributed by atoms with Gasteiger partial charge in [-0.3, -0.25) is 4.79 Å². The Morgan fingerprint density at radius 3 is 2.33 bits per heavy atom. The molecule has 0 saturated heterocycles. The van der Waals surface area contributed by atoms with Crippen LogP contribution in [0.3, 0.4) is 0 Å². The molecule has 108 valence electrons. The predicted octanol–water partition coefficient (Wildman–Crippen LogP) is 1.54. The number of aromatic carboxylic acids is 2. The predicted molar refractivity (Wildman–Crippen MR) is 81.2 cm³/mol. The minimum Gasteiger partial charge on any atom is -0.477 e. The fraction of sp³-hybridized carbons (Fsp3) is 0.0769. The van der Waals surface area contributed by atoms with Gasteiger partial charge < -0.3 is 10.2 Å². The minimum atomic E-state index is -1.57. The van der Waals surface area contributed by atoms with Crippen molar-refractivity contribution in [1.82, 2.24) is 9.78 Å². The Labute approximate surface area is 132 Å². The fourth-order valence-electron chi connectivity index (χ4n) is 1.86. The molecule has 0 fully saturated rings. The standard InChI is InChI=1S/C13H9IN2O5/c1-6-9(12(18)19)11(17)10(13(20)21)15-16(6)8-5-3-2-4-7(8)14/h2-5H,1H3,(H,18,19)(H,20,21). The average Bonchev–Trinajstić information content (AvgIpc) is 2.39. The summed E-state index contributed by atoms with van der Waals surface area (Å²) in [6, 6.07) is 6.90. The van der Waals surface area contributed by atoms with Crippen LogP contribution in [0, 0.1) is 10.5 Å². The van der Waals surface area contributed by atoms with E-state index in [4.69, 9.17) is 10.2 Å². The molecular formula is C13H9IN2O5. The maximum Gasteiger partial charge on any atom is 0.360 e. The minimum absolute atomic E-state index is 0.0709. The smallest absolute Gasteiger partial charge is 0.360 e. The second kappa shape index (κ2) is 5.64. The van der Waals surface area contributed by atoms with Crippen LogP contribution < -0.4 is 5.43 Å². The molecule has 2 rings (SSSR count). The van der Waals surface area contributed by atoms with Crippen molar-refractivity contribution in [2.75, 3.05) is 0 Å². The molecule has 7 nitrogen and oxygen atoms in total. The third kappa shape index (κ3) is 2.66. The Bertz CT molecular complexity index is 813. The van der Waals surface area contributed by atoms with Gasteiger partial charge >= 0.3 is 11.9 Å². The SMILES string of the molecule is Cc1c(C(=O)O)c(=O)c(C(=O)O)nn1-c1ccccc1I. The Morgan fingerprint density at radius 1 is 1.19 bits per heavy atom. The van der Waals surface area contributed by atoms with Gasteiger partial charge in [-0.05, 0) is 41.6 Å². The number of carboxylic acid groups (broad SMARTS) is 2. The number of aromatic nitrogens is 2. The number of nitrogens with zero attached hydrogens (tertiary/aromatic N) is 2. The van der Waals surface area contributed by atoms with E-state index in [1.54, 1.807) is 24.3 Å². The zero-order valence-electron chi connectivity index (χ0n) is 10.7. The topological polar surface area (TPSA) is 109 Å². The van der Waals surface area contributed by atoms with E-state index in [-0.39, 0.29) is 5.69 Å². The molecule has 0 radical (unpaired) electrons. The highest BCUT2D eigenvalue weighted by Gasteiger charge is 2.24. The quantitative estimate of drug-likeness (QED) is 0.757. The Hall–Kier alpha value is -2.23. The van der Waals surface area contributed by atoms with Crippen molar-refractivity contribution in [3.05, 3.63) is 55.0 Å². The van der Waals surface area contributed by atoms with Gasteiger partial charge in [-0.1, -0.05) is 12.1 Å². The van der Waals surface area contributed by atoms with Gasteiger partial charge in [-0.2, -0.15) is 5.10 Å². The first-order valence-corrected chi connectivity index (χ1v) is 6.78. The highest BCUT2D eigenvalue weighted by atomic mass is 127. The number of rotatable bonds is 3. The van der Waals surface area contributed by atoms with Crippen molar-refractivity contribution in [3.63, 3.8) is 0 Å². The third-order valence-electron chi connectivity index (χ3n) is 2.82. The molecule has 0 atom stereocenters. The zero-order valence-corrected chi connectivity index (χ0v) is 12.9. The Morgan fingerprint density at radius 2 is 1.81 bits per heavy atom. The highest BCUT2D eigenvalue weighted by Crippen LogP contribution is 2.18. The fourth-order valence-corrected chi connectivity index (χ4v) is 2.47. The van der Waals surface area contributed by atoms with Crippen LogP contribution in [0.2, 0.25) is 0 Å². The molecule has 8 heteroatoms. The molecular weight excluding hydrogens is 391 g/mol. The summed E-state index contributed by atoms with van der Waals surface area (Å²) in [7, 11) is 0. The molecule has 0 saturated carbocycles. The molecule has 2 aromatic rings. The van der Waals surface area contributed by atoms with E-state index in [9.17, 15) is 14.4 Å². The summed E-state index contributed by atoms with van der Waals surface area (Å²) in [6.45, 7) is 1.41. The first-order valence-electron chi connectivity index (χ1n) is 5.70.